The molecule has 1 saturated carbocycles. The Morgan fingerprint density at radius 1 is 1.33 bits per heavy atom. The molecule has 150 valence electrons. The summed E-state index contributed by atoms with van der Waals surface area (Å²) in [6.45, 7) is 2.83. The molecular formula is C18H28N4O5. The number of H-pyrrole nitrogens is 1. The third-order valence-corrected chi connectivity index (χ3v) is 4.63. The number of carbonyl (C=O) groups excluding carboxylic acids is 3. The summed E-state index contributed by atoms with van der Waals surface area (Å²) >= 11 is 0. The highest BCUT2D eigenvalue weighted by atomic mass is 16.5. The molecule has 0 spiro atoms. The first-order valence-electron chi connectivity index (χ1n) is 9.30. The number of aromatic amines is 1. The molecule has 0 unspecified atom stereocenters. The van der Waals surface area contributed by atoms with Crippen LogP contribution in [0, 0.1) is 5.92 Å². The van der Waals surface area contributed by atoms with E-state index in [1.165, 1.54) is 19.5 Å². The van der Waals surface area contributed by atoms with E-state index in [0.717, 1.165) is 6.42 Å². The van der Waals surface area contributed by atoms with Crippen LogP contribution in [0.1, 0.15) is 49.4 Å². The summed E-state index contributed by atoms with van der Waals surface area (Å²) in [6.07, 6.45) is 5.60. The number of ether oxygens (including phenoxy) is 2. The van der Waals surface area contributed by atoms with Crippen molar-refractivity contribution < 1.29 is 23.9 Å². The number of nitrogens with one attached hydrogen (secondary N) is 3. The van der Waals surface area contributed by atoms with Gasteiger partial charge in [0.2, 0.25) is 5.91 Å². The maximum atomic E-state index is 12.4. The summed E-state index contributed by atoms with van der Waals surface area (Å²) in [6, 6.07) is -0.155. The van der Waals surface area contributed by atoms with Gasteiger partial charge in [-0.1, -0.05) is 6.92 Å². The first-order chi connectivity index (χ1) is 13.0. The molecular weight excluding hydrogens is 352 g/mol. The lowest BCUT2D eigenvalue weighted by Gasteiger charge is -2.35. The van der Waals surface area contributed by atoms with Gasteiger partial charge in [0.1, 0.15) is 0 Å². The van der Waals surface area contributed by atoms with Gasteiger partial charge in [0.15, 0.2) is 0 Å². The van der Waals surface area contributed by atoms with Crippen LogP contribution in [0.5, 0.6) is 0 Å². The van der Waals surface area contributed by atoms with Crippen LogP contribution in [0.15, 0.2) is 12.4 Å². The molecule has 0 aliphatic heterocycles. The summed E-state index contributed by atoms with van der Waals surface area (Å²) in [4.78, 5) is 35.8. The fourth-order valence-corrected chi connectivity index (χ4v) is 3.15. The Labute approximate surface area is 158 Å². The van der Waals surface area contributed by atoms with Crippen molar-refractivity contribution in [3.8, 4) is 0 Å². The molecule has 1 heterocycles. The number of amides is 2. The Bertz CT molecular complexity index is 619. The minimum atomic E-state index is -0.356. The predicted molar refractivity (Wildman–Crippen MR) is 96.9 cm³/mol. The Morgan fingerprint density at radius 3 is 2.81 bits per heavy atom. The van der Waals surface area contributed by atoms with Crippen LogP contribution in [0.25, 0.3) is 0 Å². The lowest BCUT2D eigenvalue weighted by molar-refractivity contribution is -0.140. The monoisotopic (exact) mass is 380 g/mol. The number of methoxy groups -OCH3 is 1. The van der Waals surface area contributed by atoms with Crippen LogP contribution < -0.4 is 10.6 Å². The minimum Gasteiger partial charge on any atom is -0.469 e. The lowest BCUT2D eigenvalue weighted by Crippen LogP contribution is -2.50. The number of rotatable bonds is 9. The average molecular weight is 380 g/mol. The molecule has 1 aliphatic rings. The zero-order valence-electron chi connectivity index (χ0n) is 15.8. The van der Waals surface area contributed by atoms with Crippen molar-refractivity contribution in [2.45, 2.75) is 51.2 Å². The average Bonchev–Trinajstić information content (AvgIpc) is 3.21. The van der Waals surface area contributed by atoms with Gasteiger partial charge >= 0.3 is 5.97 Å². The molecule has 0 radical (unpaired) electrons. The first kappa shape index (κ1) is 20.9. The second-order valence-electron chi connectivity index (χ2n) is 6.60. The van der Waals surface area contributed by atoms with E-state index in [0.29, 0.717) is 31.4 Å². The highest BCUT2D eigenvalue weighted by Gasteiger charge is 2.35. The number of nitrogens with zero attached hydrogens (tertiary/aromatic N) is 1. The normalized spacial score (nSPS) is 22.1. The van der Waals surface area contributed by atoms with E-state index >= 15 is 0 Å². The topological polar surface area (TPSA) is 122 Å². The van der Waals surface area contributed by atoms with Gasteiger partial charge in [-0.3, -0.25) is 19.5 Å². The first-order valence-corrected chi connectivity index (χ1v) is 9.30. The molecule has 9 nitrogen and oxygen atoms in total. The minimum absolute atomic E-state index is 0.0939. The van der Waals surface area contributed by atoms with Crippen LogP contribution >= 0.6 is 0 Å². The standard InChI is InChI=1S/C18H28N4O5/c1-3-8-27-15-9-12(17(24)19-7-6-16(23)26-2)4-5-14(15)22-18(25)13-10-20-21-11-13/h10-12,14-15H,3-9H2,1-2H3,(H,19,24)(H,20,21)(H,22,25)/t12-,14-,15-/m0/s1. The van der Waals surface area contributed by atoms with Crippen molar-refractivity contribution >= 4 is 17.8 Å². The second-order valence-corrected chi connectivity index (χ2v) is 6.60. The molecule has 3 atom stereocenters. The van der Waals surface area contributed by atoms with Crippen molar-refractivity contribution in [3.63, 3.8) is 0 Å². The van der Waals surface area contributed by atoms with Gasteiger partial charge in [0.05, 0.1) is 37.4 Å². The van der Waals surface area contributed by atoms with Crippen LogP contribution in [-0.2, 0) is 19.1 Å². The predicted octanol–water partition coefficient (Wildman–Crippen LogP) is 0.783. The highest BCUT2D eigenvalue weighted by molar-refractivity contribution is 5.93. The molecule has 2 rings (SSSR count). The van der Waals surface area contributed by atoms with E-state index in [-0.39, 0.29) is 48.8 Å². The number of esters is 1. The molecule has 0 bridgehead atoms. The quantitative estimate of drug-likeness (QED) is 0.544. The van der Waals surface area contributed by atoms with Crippen LogP contribution in [0.2, 0.25) is 0 Å². The van der Waals surface area contributed by atoms with Crippen LogP contribution in [0.3, 0.4) is 0 Å². The van der Waals surface area contributed by atoms with Gasteiger partial charge in [0.25, 0.3) is 5.91 Å². The molecule has 1 aromatic rings. The summed E-state index contributed by atoms with van der Waals surface area (Å²) in [5.74, 6) is -0.861. The number of aromatic nitrogens is 2. The molecule has 0 saturated heterocycles. The maximum Gasteiger partial charge on any atom is 0.307 e. The van der Waals surface area contributed by atoms with Crippen molar-refractivity contribution in [2.24, 2.45) is 5.92 Å². The molecule has 2 amide bonds. The van der Waals surface area contributed by atoms with Gasteiger partial charge in [-0.05, 0) is 25.7 Å². The van der Waals surface area contributed by atoms with E-state index in [2.05, 4.69) is 25.6 Å². The van der Waals surface area contributed by atoms with Crippen molar-refractivity contribution in [2.75, 3.05) is 20.3 Å². The molecule has 1 aromatic heterocycles. The van der Waals surface area contributed by atoms with E-state index in [1.54, 1.807) is 0 Å². The summed E-state index contributed by atoms with van der Waals surface area (Å²) in [5, 5.41) is 12.2. The Hall–Kier alpha value is -2.42. The zero-order valence-corrected chi connectivity index (χ0v) is 15.8. The Morgan fingerprint density at radius 2 is 2.15 bits per heavy atom. The largest absolute Gasteiger partial charge is 0.469 e. The van der Waals surface area contributed by atoms with Crippen LogP contribution in [-0.4, -0.2) is 60.4 Å². The fraction of sp³-hybridized carbons (Fsp3) is 0.667. The molecule has 1 aliphatic carbocycles. The lowest BCUT2D eigenvalue weighted by atomic mass is 9.83. The number of carbonyl (C=O) groups is 3. The van der Waals surface area contributed by atoms with E-state index in [4.69, 9.17) is 4.74 Å². The third kappa shape index (κ3) is 6.35. The summed E-state index contributed by atoms with van der Waals surface area (Å²) in [7, 11) is 1.32. The number of hydrogen-bond donors (Lipinski definition) is 3. The van der Waals surface area contributed by atoms with E-state index in [9.17, 15) is 14.4 Å². The van der Waals surface area contributed by atoms with Crippen molar-refractivity contribution in [3.05, 3.63) is 18.0 Å². The van der Waals surface area contributed by atoms with Crippen LogP contribution in [0.4, 0.5) is 0 Å². The van der Waals surface area contributed by atoms with Gasteiger partial charge in [-0.15, -0.1) is 0 Å². The van der Waals surface area contributed by atoms with Crippen molar-refractivity contribution in [1.29, 1.82) is 0 Å². The van der Waals surface area contributed by atoms with Crippen molar-refractivity contribution in [1.82, 2.24) is 20.8 Å². The van der Waals surface area contributed by atoms with E-state index < -0.39 is 0 Å². The van der Waals surface area contributed by atoms with Gasteiger partial charge < -0.3 is 20.1 Å². The number of hydrogen-bond acceptors (Lipinski definition) is 6. The summed E-state index contributed by atoms with van der Waals surface area (Å²) in [5.41, 5.74) is 0.465. The molecule has 9 heteroatoms. The zero-order chi connectivity index (χ0) is 19.6. The Balaban J connectivity index is 1.89. The Kier molecular flexibility index (Phi) is 8.25. The van der Waals surface area contributed by atoms with Gasteiger partial charge in [0, 0.05) is 25.3 Å². The summed E-state index contributed by atoms with van der Waals surface area (Å²) < 4.78 is 10.5. The van der Waals surface area contributed by atoms with E-state index in [1.807, 2.05) is 6.92 Å². The second kappa shape index (κ2) is 10.7. The molecule has 27 heavy (non-hydrogen) atoms. The maximum absolute atomic E-state index is 12.4. The molecule has 0 aromatic carbocycles. The third-order valence-electron chi connectivity index (χ3n) is 4.63. The molecule has 3 N–H and O–H groups in total. The SMILES string of the molecule is CCCO[C@H]1C[C@@H](C(=O)NCCC(=O)OC)CC[C@@H]1NC(=O)c1cn[nH]c1. The molecule has 1 fully saturated rings. The van der Waals surface area contributed by atoms with Gasteiger partial charge in [-0.25, -0.2) is 0 Å². The fourth-order valence-electron chi connectivity index (χ4n) is 3.15. The van der Waals surface area contributed by atoms with Gasteiger partial charge in [-0.2, -0.15) is 5.10 Å². The highest BCUT2D eigenvalue weighted by Crippen LogP contribution is 2.27. The smallest absolute Gasteiger partial charge is 0.307 e.